The minimum Gasteiger partial charge on any atom is -0.394 e. The summed E-state index contributed by atoms with van der Waals surface area (Å²) in [5.74, 6) is -0.255. The summed E-state index contributed by atoms with van der Waals surface area (Å²) in [7, 11) is 0. The molecule has 0 unspecified atom stereocenters. The molecule has 0 fully saturated rings. The Bertz CT molecular complexity index is 828. The molecule has 3 nitrogen and oxygen atoms in total. The van der Waals surface area contributed by atoms with E-state index in [1.807, 2.05) is 18.2 Å². The van der Waals surface area contributed by atoms with Crippen molar-refractivity contribution < 1.29 is 23.1 Å². The molecular formula is C20H18F3NO2. The number of hydrogen-bond donors (Lipinski definition) is 1. The van der Waals surface area contributed by atoms with Gasteiger partial charge in [0, 0.05) is 6.54 Å². The van der Waals surface area contributed by atoms with Gasteiger partial charge in [0.05, 0.1) is 18.2 Å². The van der Waals surface area contributed by atoms with Gasteiger partial charge in [-0.1, -0.05) is 30.8 Å². The Morgan fingerprint density at radius 2 is 1.81 bits per heavy atom. The van der Waals surface area contributed by atoms with Gasteiger partial charge in [-0.2, -0.15) is 13.2 Å². The topological polar surface area (TPSA) is 40.5 Å². The zero-order valence-electron chi connectivity index (χ0n) is 14.0. The molecule has 1 atom stereocenters. The highest BCUT2D eigenvalue weighted by molar-refractivity contribution is 5.87. The van der Waals surface area contributed by atoms with Gasteiger partial charge in [0.2, 0.25) is 5.91 Å². The third-order valence-electron chi connectivity index (χ3n) is 4.66. The van der Waals surface area contributed by atoms with E-state index in [9.17, 15) is 23.1 Å². The normalized spacial score (nSPS) is 16.9. The second kappa shape index (κ2) is 6.96. The van der Waals surface area contributed by atoms with Gasteiger partial charge in [-0.3, -0.25) is 4.79 Å². The van der Waals surface area contributed by atoms with Crippen molar-refractivity contribution >= 4 is 5.91 Å². The Morgan fingerprint density at radius 3 is 2.38 bits per heavy atom. The summed E-state index contributed by atoms with van der Waals surface area (Å²) in [4.78, 5) is 13.6. The number of rotatable bonds is 3. The quantitative estimate of drug-likeness (QED) is 0.845. The summed E-state index contributed by atoms with van der Waals surface area (Å²) in [6.45, 7) is 3.68. The molecule has 1 N–H and O–H groups in total. The molecule has 2 aromatic carbocycles. The third-order valence-corrected chi connectivity index (χ3v) is 4.66. The lowest BCUT2D eigenvalue weighted by Gasteiger charge is -2.35. The molecule has 0 aliphatic carbocycles. The van der Waals surface area contributed by atoms with E-state index in [2.05, 4.69) is 6.58 Å². The monoisotopic (exact) mass is 361 g/mol. The highest BCUT2D eigenvalue weighted by Crippen LogP contribution is 2.32. The SMILES string of the molecule is C=CC(=O)N1Cc2cc(-c3ccc(C(F)(F)F)cc3)ccc2C[C@@H]1CO. The Hall–Kier alpha value is -2.60. The van der Waals surface area contributed by atoms with Crippen LogP contribution in [0.2, 0.25) is 0 Å². The molecule has 0 aromatic heterocycles. The first-order chi connectivity index (χ1) is 12.3. The van der Waals surface area contributed by atoms with Crippen LogP contribution in [0.5, 0.6) is 0 Å². The zero-order chi connectivity index (χ0) is 18.9. The van der Waals surface area contributed by atoms with Gasteiger partial charge in [0.25, 0.3) is 0 Å². The number of amides is 1. The number of carbonyl (C=O) groups excluding carboxylic acids is 1. The summed E-state index contributed by atoms with van der Waals surface area (Å²) >= 11 is 0. The van der Waals surface area contributed by atoms with Crippen LogP contribution < -0.4 is 0 Å². The molecule has 1 heterocycles. The second-order valence-electron chi connectivity index (χ2n) is 6.27. The summed E-state index contributed by atoms with van der Waals surface area (Å²) in [6, 6.07) is 10.3. The first kappa shape index (κ1) is 18.2. The largest absolute Gasteiger partial charge is 0.416 e. The lowest BCUT2D eigenvalue weighted by Crippen LogP contribution is -2.45. The molecule has 26 heavy (non-hydrogen) atoms. The van der Waals surface area contributed by atoms with E-state index in [1.165, 1.54) is 18.2 Å². The standard InChI is InChI=1S/C20H18F3NO2/c1-2-19(26)24-11-16-9-14(3-4-15(16)10-18(24)12-25)13-5-7-17(8-6-13)20(21,22)23/h2-9,18,25H,1,10-12H2/t18-/m1/s1. The van der Waals surface area contributed by atoms with Gasteiger partial charge < -0.3 is 10.0 Å². The van der Waals surface area contributed by atoms with E-state index in [0.717, 1.165) is 28.8 Å². The van der Waals surface area contributed by atoms with E-state index < -0.39 is 11.7 Å². The molecule has 0 saturated carbocycles. The zero-order valence-corrected chi connectivity index (χ0v) is 14.0. The van der Waals surface area contributed by atoms with E-state index in [4.69, 9.17) is 0 Å². The smallest absolute Gasteiger partial charge is 0.394 e. The molecule has 0 bridgehead atoms. The minimum atomic E-state index is -4.36. The lowest BCUT2D eigenvalue weighted by molar-refractivity contribution is -0.137. The second-order valence-corrected chi connectivity index (χ2v) is 6.27. The van der Waals surface area contributed by atoms with E-state index >= 15 is 0 Å². The number of hydrogen-bond acceptors (Lipinski definition) is 2. The summed E-state index contributed by atoms with van der Waals surface area (Å²) in [5.41, 5.74) is 2.71. The molecule has 2 aromatic rings. The van der Waals surface area contributed by atoms with Gasteiger partial charge in [-0.15, -0.1) is 0 Å². The van der Waals surface area contributed by atoms with Crippen LogP contribution >= 0.6 is 0 Å². The number of carbonyl (C=O) groups is 1. The van der Waals surface area contributed by atoms with Crippen LogP contribution in [0, 0.1) is 0 Å². The van der Waals surface area contributed by atoms with Crippen LogP contribution in [0.1, 0.15) is 16.7 Å². The molecular weight excluding hydrogens is 343 g/mol. The Balaban J connectivity index is 1.92. The molecule has 0 saturated heterocycles. The number of fused-ring (bicyclic) bond motifs is 1. The summed E-state index contributed by atoms with van der Waals surface area (Å²) < 4.78 is 38.1. The molecule has 3 rings (SSSR count). The first-order valence-electron chi connectivity index (χ1n) is 8.17. The van der Waals surface area contributed by atoms with Crippen molar-refractivity contribution in [2.24, 2.45) is 0 Å². The van der Waals surface area contributed by atoms with Crippen molar-refractivity contribution in [3.63, 3.8) is 0 Å². The van der Waals surface area contributed by atoms with Crippen LogP contribution in [0.3, 0.4) is 0 Å². The molecule has 0 spiro atoms. The van der Waals surface area contributed by atoms with Crippen molar-refractivity contribution in [1.82, 2.24) is 4.90 Å². The summed E-state index contributed by atoms with van der Waals surface area (Å²) in [5, 5.41) is 9.54. The highest BCUT2D eigenvalue weighted by Gasteiger charge is 2.30. The van der Waals surface area contributed by atoms with Gasteiger partial charge in [-0.05, 0) is 52.9 Å². The maximum absolute atomic E-state index is 12.7. The minimum absolute atomic E-state index is 0.139. The molecule has 1 aliphatic rings. The predicted molar refractivity (Wildman–Crippen MR) is 92.2 cm³/mol. The summed E-state index contributed by atoms with van der Waals surface area (Å²) in [6.07, 6.45) is -2.62. The molecule has 1 amide bonds. The predicted octanol–water partition coefficient (Wildman–Crippen LogP) is 3.80. The number of aliphatic hydroxyl groups is 1. The molecule has 6 heteroatoms. The maximum Gasteiger partial charge on any atom is 0.416 e. The van der Waals surface area contributed by atoms with Gasteiger partial charge in [0.15, 0.2) is 0 Å². The van der Waals surface area contributed by atoms with Crippen molar-refractivity contribution in [2.45, 2.75) is 25.2 Å². The number of alkyl halides is 3. The number of nitrogens with zero attached hydrogens (tertiary/aromatic N) is 1. The Kier molecular flexibility index (Phi) is 4.87. The fourth-order valence-corrected chi connectivity index (χ4v) is 3.22. The van der Waals surface area contributed by atoms with Crippen LogP contribution in [0.4, 0.5) is 13.2 Å². The van der Waals surface area contributed by atoms with E-state index in [1.54, 1.807) is 4.90 Å². The van der Waals surface area contributed by atoms with Crippen molar-refractivity contribution in [3.8, 4) is 11.1 Å². The van der Waals surface area contributed by atoms with Crippen molar-refractivity contribution in [1.29, 1.82) is 0 Å². The first-order valence-corrected chi connectivity index (χ1v) is 8.17. The van der Waals surface area contributed by atoms with Crippen molar-refractivity contribution in [2.75, 3.05) is 6.61 Å². The lowest BCUT2D eigenvalue weighted by atomic mass is 9.91. The average molecular weight is 361 g/mol. The van der Waals surface area contributed by atoms with Crippen LogP contribution in [-0.2, 0) is 23.9 Å². The molecule has 136 valence electrons. The number of halogens is 3. The molecule has 1 aliphatic heterocycles. The third kappa shape index (κ3) is 3.51. The van der Waals surface area contributed by atoms with Gasteiger partial charge in [-0.25, -0.2) is 0 Å². The van der Waals surface area contributed by atoms with Crippen molar-refractivity contribution in [3.05, 3.63) is 71.8 Å². The number of benzene rings is 2. The highest BCUT2D eigenvalue weighted by atomic mass is 19.4. The van der Waals surface area contributed by atoms with E-state index in [0.29, 0.717) is 18.5 Å². The van der Waals surface area contributed by atoms with Crippen LogP contribution in [0.15, 0.2) is 55.1 Å². The molecule has 0 radical (unpaired) electrons. The average Bonchev–Trinajstić information content (AvgIpc) is 2.65. The van der Waals surface area contributed by atoms with E-state index in [-0.39, 0.29) is 18.6 Å². The van der Waals surface area contributed by atoms with Crippen LogP contribution in [-0.4, -0.2) is 28.6 Å². The van der Waals surface area contributed by atoms with Gasteiger partial charge >= 0.3 is 6.18 Å². The fraction of sp³-hybridized carbons (Fsp3) is 0.250. The Morgan fingerprint density at radius 1 is 1.15 bits per heavy atom. The van der Waals surface area contributed by atoms with Crippen LogP contribution in [0.25, 0.3) is 11.1 Å². The number of aliphatic hydroxyl groups excluding tert-OH is 1. The maximum atomic E-state index is 12.7. The fourth-order valence-electron chi connectivity index (χ4n) is 3.22. The van der Waals surface area contributed by atoms with Gasteiger partial charge in [0.1, 0.15) is 0 Å². The Labute approximate surface area is 149 Å².